The van der Waals surface area contributed by atoms with Gasteiger partial charge in [-0.3, -0.25) is 4.98 Å². The molecule has 0 spiro atoms. The maximum Gasteiger partial charge on any atom is 0.573 e. The Morgan fingerprint density at radius 2 is 1.86 bits per heavy atom. The first-order chi connectivity index (χ1) is 13.2. The number of carbonyl (C=O) groups is 1. The average molecular weight is 397 g/mol. The van der Waals surface area contributed by atoms with Gasteiger partial charge in [0.1, 0.15) is 17.1 Å². The van der Waals surface area contributed by atoms with Crippen LogP contribution < -0.4 is 14.2 Å². The summed E-state index contributed by atoms with van der Waals surface area (Å²) >= 11 is 0. The van der Waals surface area contributed by atoms with Gasteiger partial charge in [-0.05, 0) is 24.5 Å². The highest BCUT2D eigenvalue weighted by Gasteiger charge is 2.36. The van der Waals surface area contributed by atoms with Crippen molar-refractivity contribution >= 4 is 5.97 Å². The number of carbonyl (C=O) groups excluding carboxylic acids is 1. The van der Waals surface area contributed by atoms with Gasteiger partial charge in [-0.25, -0.2) is 4.79 Å². The van der Waals surface area contributed by atoms with Gasteiger partial charge in [0.25, 0.3) is 0 Å². The van der Waals surface area contributed by atoms with Crippen molar-refractivity contribution in [3.63, 3.8) is 0 Å². The highest BCUT2D eigenvalue weighted by atomic mass is 19.4. The summed E-state index contributed by atoms with van der Waals surface area (Å²) in [6.07, 6.45) is -2.47. The van der Waals surface area contributed by atoms with Crippen molar-refractivity contribution in [2.75, 3.05) is 14.2 Å². The molecule has 2 aromatic rings. The molecule has 1 heterocycles. The molecule has 0 bridgehead atoms. The Bertz CT molecular complexity index is 884. The van der Waals surface area contributed by atoms with Crippen LogP contribution in [0.15, 0.2) is 30.5 Å². The second-order valence-corrected chi connectivity index (χ2v) is 6.38. The van der Waals surface area contributed by atoms with Gasteiger partial charge in [-0.15, -0.1) is 13.2 Å². The number of alkyl halides is 3. The highest BCUT2D eigenvalue weighted by Crippen LogP contribution is 2.47. The Morgan fingerprint density at radius 3 is 2.43 bits per heavy atom. The maximum atomic E-state index is 12.4. The van der Waals surface area contributed by atoms with Crippen molar-refractivity contribution in [1.82, 2.24) is 4.98 Å². The van der Waals surface area contributed by atoms with Gasteiger partial charge in [-0.2, -0.15) is 0 Å². The van der Waals surface area contributed by atoms with E-state index in [0.717, 1.165) is 24.2 Å². The normalized spacial score (nSPS) is 18.4. The number of ether oxygens (including phenoxy) is 4. The lowest BCUT2D eigenvalue weighted by molar-refractivity contribution is -0.274. The smallest absolute Gasteiger partial charge is 0.493 e. The summed E-state index contributed by atoms with van der Waals surface area (Å²) in [5, 5.41) is 0. The van der Waals surface area contributed by atoms with E-state index >= 15 is 0 Å². The molecule has 1 aromatic carbocycles. The minimum Gasteiger partial charge on any atom is -0.493 e. The molecule has 1 aliphatic carbocycles. The quantitative estimate of drug-likeness (QED) is 0.659. The summed E-state index contributed by atoms with van der Waals surface area (Å²) in [5.74, 6) is -0.0326. The number of hydrogen-bond acceptors (Lipinski definition) is 6. The number of benzene rings is 1. The highest BCUT2D eigenvalue weighted by molar-refractivity contribution is 5.92. The minimum absolute atomic E-state index is 0.00992. The molecule has 1 aromatic heterocycles. The molecule has 0 aliphatic heterocycles. The Labute approximate surface area is 159 Å². The van der Waals surface area contributed by atoms with Gasteiger partial charge in [0.05, 0.1) is 14.2 Å². The van der Waals surface area contributed by atoms with Crippen LogP contribution in [0.2, 0.25) is 0 Å². The van der Waals surface area contributed by atoms with Crippen LogP contribution in [0.4, 0.5) is 13.2 Å². The Kier molecular flexibility index (Phi) is 5.35. The van der Waals surface area contributed by atoms with Gasteiger partial charge in [0.2, 0.25) is 0 Å². The van der Waals surface area contributed by atoms with Crippen LogP contribution in [-0.2, 0) is 4.74 Å². The monoisotopic (exact) mass is 397 g/mol. The van der Waals surface area contributed by atoms with E-state index in [9.17, 15) is 18.0 Å². The molecule has 1 saturated carbocycles. The van der Waals surface area contributed by atoms with Crippen molar-refractivity contribution < 1.29 is 36.9 Å². The zero-order valence-electron chi connectivity index (χ0n) is 15.4. The Morgan fingerprint density at radius 1 is 1.14 bits per heavy atom. The van der Waals surface area contributed by atoms with Gasteiger partial charge in [-0.1, -0.05) is 6.92 Å². The zero-order valence-corrected chi connectivity index (χ0v) is 15.4. The number of aromatic nitrogens is 1. The van der Waals surface area contributed by atoms with Gasteiger partial charge in [0, 0.05) is 29.9 Å². The molecule has 9 heteroatoms. The van der Waals surface area contributed by atoms with Gasteiger partial charge < -0.3 is 18.9 Å². The molecule has 0 unspecified atom stereocenters. The zero-order chi connectivity index (χ0) is 20.5. The van der Waals surface area contributed by atoms with E-state index < -0.39 is 18.1 Å². The summed E-state index contributed by atoms with van der Waals surface area (Å²) in [6.45, 7) is 2.09. The van der Waals surface area contributed by atoms with E-state index in [1.54, 1.807) is 6.07 Å². The van der Waals surface area contributed by atoms with Gasteiger partial charge >= 0.3 is 12.3 Å². The van der Waals surface area contributed by atoms with Crippen molar-refractivity contribution in [3.05, 3.63) is 41.7 Å². The Hall–Kier alpha value is -2.97. The van der Waals surface area contributed by atoms with E-state index in [4.69, 9.17) is 14.2 Å². The fourth-order valence-electron chi connectivity index (χ4n) is 2.78. The van der Waals surface area contributed by atoms with Gasteiger partial charge in [0.15, 0.2) is 11.5 Å². The maximum absolute atomic E-state index is 12.4. The molecule has 3 rings (SSSR count). The van der Waals surface area contributed by atoms with E-state index in [1.807, 2.05) is 0 Å². The van der Waals surface area contributed by atoms with Crippen LogP contribution in [-0.4, -0.2) is 31.5 Å². The molecule has 6 nitrogen and oxygen atoms in total. The fraction of sp³-hybridized carbons (Fsp3) is 0.368. The summed E-state index contributed by atoms with van der Waals surface area (Å²) in [6, 6.07) is 5.04. The van der Waals surface area contributed by atoms with Crippen LogP contribution in [0, 0.1) is 5.92 Å². The second-order valence-electron chi connectivity index (χ2n) is 6.38. The van der Waals surface area contributed by atoms with Crippen molar-refractivity contribution in [2.45, 2.75) is 25.6 Å². The molecule has 0 N–H and O–H groups in total. The number of esters is 1. The first-order valence-corrected chi connectivity index (χ1v) is 8.41. The fourth-order valence-corrected chi connectivity index (χ4v) is 2.78. The SMILES string of the molecule is COC(=O)c1cnc([C@@H]2C[C@H]2C)cc1Oc1ccc(OC(F)(F)F)cc1OC. The van der Waals surface area contributed by atoms with E-state index in [2.05, 4.69) is 16.6 Å². The van der Waals surface area contributed by atoms with Crippen LogP contribution in [0.5, 0.6) is 23.0 Å². The minimum atomic E-state index is -4.83. The third-order valence-electron chi connectivity index (χ3n) is 4.37. The van der Waals surface area contributed by atoms with Crippen molar-refractivity contribution in [1.29, 1.82) is 0 Å². The summed E-state index contributed by atoms with van der Waals surface area (Å²) < 4.78 is 56.8. The van der Waals surface area contributed by atoms with Crippen LogP contribution >= 0.6 is 0 Å². The number of nitrogens with zero attached hydrogens (tertiary/aromatic N) is 1. The first-order valence-electron chi connectivity index (χ1n) is 8.41. The summed E-state index contributed by atoms with van der Waals surface area (Å²) in [7, 11) is 2.51. The number of methoxy groups -OCH3 is 2. The van der Waals surface area contributed by atoms with Crippen LogP contribution in [0.1, 0.15) is 35.3 Å². The lowest BCUT2D eigenvalue weighted by atomic mass is 10.1. The van der Waals surface area contributed by atoms with E-state index in [0.29, 0.717) is 5.92 Å². The molecule has 1 aliphatic rings. The third-order valence-corrected chi connectivity index (χ3v) is 4.37. The lowest BCUT2D eigenvalue weighted by Gasteiger charge is -2.15. The number of rotatable bonds is 6. The van der Waals surface area contributed by atoms with Crippen LogP contribution in [0.3, 0.4) is 0 Å². The molecule has 0 radical (unpaired) electrons. The number of hydrogen-bond donors (Lipinski definition) is 0. The predicted octanol–water partition coefficient (Wildman–Crippen LogP) is 4.69. The topological polar surface area (TPSA) is 66.9 Å². The number of pyridine rings is 1. The van der Waals surface area contributed by atoms with E-state index in [-0.39, 0.29) is 28.7 Å². The summed E-state index contributed by atoms with van der Waals surface area (Å²) in [5.41, 5.74) is 0.864. The van der Waals surface area contributed by atoms with Crippen molar-refractivity contribution in [3.8, 4) is 23.0 Å². The van der Waals surface area contributed by atoms with Crippen LogP contribution in [0.25, 0.3) is 0 Å². The first kappa shape index (κ1) is 19.8. The third kappa shape index (κ3) is 4.47. The largest absolute Gasteiger partial charge is 0.573 e. The Balaban J connectivity index is 1.94. The molecular formula is C19H18F3NO5. The molecule has 1 fully saturated rings. The molecular weight excluding hydrogens is 379 g/mol. The molecule has 0 amide bonds. The lowest BCUT2D eigenvalue weighted by Crippen LogP contribution is -2.17. The number of halogens is 3. The molecule has 28 heavy (non-hydrogen) atoms. The average Bonchev–Trinajstić information content (AvgIpc) is 3.37. The van der Waals surface area contributed by atoms with E-state index in [1.165, 1.54) is 26.5 Å². The molecule has 2 atom stereocenters. The second kappa shape index (κ2) is 7.57. The van der Waals surface area contributed by atoms with Crippen molar-refractivity contribution in [2.24, 2.45) is 5.92 Å². The predicted molar refractivity (Wildman–Crippen MR) is 91.8 cm³/mol. The summed E-state index contributed by atoms with van der Waals surface area (Å²) in [4.78, 5) is 16.3. The molecule has 0 saturated heterocycles. The standard InChI is InChI=1S/C19H18F3NO5/c1-10-6-12(10)14-8-16(13(9-23-14)18(24)26-3)27-15-5-4-11(7-17(15)25-2)28-19(20,21)22/h4-5,7-10,12H,6H2,1-3H3/t10-,12-/m1/s1. The molecule has 150 valence electrons.